The van der Waals surface area contributed by atoms with Gasteiger partial charge in [-0.2, -0.15) is 0 Å². The normalized spacial score (nSPS) is 41.7. The number of hydrogen-bond donors (Lipinski definition) is 3. The van der Waals surface area contributed by atoms with Crippen molar-refractivity contribution in [2.45, 2.75) is 31.1 Å². The summed E-state index contributed by atoms with van der Waals surface area (Å²) in [5.41, 5.74) is -1.45. The minimum Gasteiger partial charge on any atom is -0.370 e. The minimum atomic E-state index is -2.71. The first kappa shape index (κ1) is 16.1. The Bertz CT molecular complexity index is 531. The second-order valence-electron chi connectivity index (χ2n) is 5.89. The van der Waals surface area contributed by atoms with E-state index in [0.717, 1.165) is 6.08 Å². The quantitative estimate of drug-likeness (QED) is 0.400. The van der Waals surface area contributed by atoms with Crippen molar-refractivity contribution in [3.05, 3.63) is 11.6 Å². The Morgan fingerprint density at radius 3 is 2.24 bits per heavy atom. The van der Waals surface area contributed by atoms with E-state index in [4.69, 9.17) is 4.74 Å². The predicted octanol–water partition coefficient (Wildman–Crippen LogP) is -1.98. The van der Waals surface area contributed by atoms with Crippen LogP contribution >= 0.6 is 0 Å². The number of amides is 1. The van der Waals surface area contributed by atoms with Gasteiger partial charge in [-0.05, 0) is 27.0 Å². The zero-order valence-corrected chi connectivity index (χ0v) is 12.5. The second-order valence-corrected chi connectivity index (χ2v) is 5.89. The third-order valence-electron chi connectivity index (χ3n) is 4.03. The summed E-state index contributed by atoms with van der Waals surface area (Å²) in [7, 11) is 2.87. The van der Waals surface area contributed by atoms with Crippen molar-refractivity contribution in [2.75, 3.05) is 27.2 Å². The van der Waals surface area contributed by atoms with Crippen LogP contribution in [0.5, 0.6) is 0 Å². The number of nitrogens with zero attached hydrogens (tertiary/aromatic N) is 2. The molecule has 8 nitrogen and oxygen atoms in total. The zero-order valence-electron chi connectivity index (χ0n) is 12.5. The maximum Gasteiger partial charge on any atom is 0.287 e. The van der Waals surface area contributed by atoms with Crippen LogP contribution in [-0.4, -0.2) is 81.3 Å². The fourth-order valence-electron chi connectivity index (χ4n) is 2.61. The van der Waals surface area contributed by atoms with E-state index in [1.165, 1.54) is 30.8 Å². The summed E-state index contributed by atoms with van der Waals surface area (Å²) < 4.78 is 5.08. The summed E-state index contributed by atoms with van der Waals surface area (Å²) >= 11 is 0. The molecule has 1 saturated heterocycles. The monoisotopic (exact) mass is 300 g/mol. The number of likely N-dealkylation sites (N-methyl/N-ethyl adjacent to an activating group) is 2. The summed E-state index contributed by atoms with van der Waals surface area (Å²) in [6, 6.07) is 0. The van der Waals surface area contributed by atoms with Gasteiger partial charge < -0.3 is 20.2 Å². The van der Waals surface area contributed by atoms with Gasteiger partial charge in [0, 0.05) is 13.6 Å². The Morgan fingerprint density at radius 2 is 1.76 bits per heavy atom. The molecule has 2 aliphatic heterocycles. The van der Waals surface area contributed by atoms with Crippen LogP contribution in [-0.2, 0) is 14.3 Å². The lowest BCUT2D eigenvalue weighted by atomic mass is 10.0. The van der Waals surface area contributed by atoms with E-state index in [0.29, 0.717) is 12.1 Å². The Labute approximate surface area is 122 Å². The molecule has 118 valence electrons. The molecule has 0 spiro atoms. The summed E-state index contributed by atoms with van der Waals surface area (Å²) in [5.74, 6) is -6.87. The van der Waals surface area contributed by atoms with E-state index in [9.17, 15) is 24.9 Å². The van der Waals surface area contributed by atoms with Crippen molar-refractivity contribution >= 4 is 11.7 Å². The smallest absolute Gasteiger partial charge is 0.287 e. The summed E-state index contributed by atoms with van der Waals surface area (Å²) in [5, 5.41) is 31.1. The Balaban J connectivity index is 2.42. The number of carbonyl (C=O) groups excluding carboxylic acids is 2. The van der Waals surface area contributed by atoms with Crippen molar-refractivity contribution in [1.29, 1.82) is 0 Å². The largest absolute Gasteiger partial charge is 0.370 e. The minimum absolute atomic E-state index is 0.272. The fraction of sp³-hybridized carbons (Fsp3) is 0.692. The molecule has 2 aliphatic rings. The number of hydrogen-bond acceptors (Lipinski definition) is 7. The number of aliphatic hydroxyl groups is 3. The molecule has 0 aromatic carbocycles. The summed E-state index contributed by atoms with van der Waals surface area (Å²) in [6.07, 6.45) is 1.13. The second kappa shape index (κ2) is 4.59. The van der Waals surface area contributed by atoms with Gasteiger partial charge in [-0.3, -0.25) is 19.2 Å². The average molecular weight is 300 g/mol. The Hall–Kier alpha value is -1.32. The molecule has 8 heteroatoms. The van der Waals surface area contributed by atoms with Crippen molar-refractivity contribution < 1.29 is 29.6 Å². The topological polar surface area (TPSA) is 111 Å². The van der Waals surface area contributed by atoms with E-state index >= 15 is 0 Å². The third kappa shape index (κ3) is 2.19. The highest BCUT2D eigenvalue weighted by atomic mass is 16.7. The van der Waals surface area contributed by atoms with Gasteiger partial charge in [0.1, 0.15) is 0 Å². The highest BCUT2D eigenvalue weighted by Crippen LogP contribution is 2.38. The lowest BCUT2D eigenvalue weighted by Crippen LogP contribution is -2.65. The average Bonchev–Trinajstić information content (AvgIpc) is 2.47. The number of ketones is 1. The highest BCUT2D eigenvalue weighted by Gasteiger charge is 2.65. The van der Waals surface area contributed by atoms with Crippen molar-refractivity contribution in [3.8, 4) is 0 Å². The molecular formula is C13H20N2O6. The molecule has 0 aromatic rings. The molecule has 1 amide bonds. The van der Waals surface area contributed by atoms with Gasteiger partial charge in [-0.1, -0.05) is 5.57 Å². The molecule has 0 saturated carbocycles. The van der Waals surface area contributed by atoms with Crippen molar-refractivity contribution in [3.63, 3.8) is 0 Å². The Kier molecular flexibility index (Phi) is 3.51. The number of carbonyl (C=O) groups is 2. The third-order valence-corrected chi connectivity index (χ3v) is 4.03. The van der Waals surface area contributed by atoms with Gasteiger partial charge in [0.25, 0.3) is 17.5 Å². The van der Waals surface area contributed by atoms with Crippen LogP contribution in [0.4, 0.5) is 0 Å². The van der Waals surface area contributed by atoms with E-state index < -0.39 is 29.0 Å². The molecular weight excluding hydrogens is 280 g/mol. The van der Waals surface area contributed by atoms with Gasteiger partial charge in [0.05, 0.1) is 6.54 Å². The molecule has 1 fully saturated rings. The molecule has 0 radical (unpaired) electrons. The molecule has 0 aromatic heterocycles. The summed E-state index contributed by atoms with van der Waals surface area (Å²) in [4.78, 5) is 26.5. The number of Topliss-reactive ketones (excluding diaryl/α,β-unsaturated/α-hetero) is 1. The van der Waals surface area contributed by atoms with Gasteiger partial charge in [-0.15, -0.1) is 0 Å². The van der Waals surface area contributed by atoms with Crippen LogP contribution < -0.4 is 0 Å². The van der Waals surface area contributed by atoms with Gasteiger partial charge in [0.2, 0.25) is 5.78 Å². The number of rotatable bonds is 2. The molecule has 2 rings (SSSR count). The maximum absolute atomic E-state index is 12.1. The number of ether oxygens (including phenoxy) is 1. The first-order valence-corrected chi connectivity index (χ1v) is 6.50. The van der Waals surface area contributed by atoms with Gasteiger partial charge in [0.15, 0.2) is 5.72 Å². The molecule has 2 heterocycles. The van der Waals surface area contributed by atoms with Gasteiger partial charge >= 0.3 is 0 Å². The highest BCUT2D eigenvalue weighted by molar-refractivity contribution is 5.92. The van der Waals surface area contributed by atoms with Crippen LogP contribution in [0, 0.1) is 0 Å². The lowest BCUT2D eigenvalue weighted by molar-refractivity contribution is -0.347. The first-order valence-electron chi connectivity index (χ1n) is 6.50. The summed E-state index contributed by atoms with van der Waals surface area (Å²) in [6.45, 7) is 2.87. The van der Waals surface area contributed by atoms with E-state index in [2.05, 4.69) is 0 Å². The van der Waals surface area contributed by atoms with Crippen LogP contribution in [0.1, 0.15) is 13.8 Å². The van der Waals surface area contributed by atoms with E-state index in [1.807, 2.05) is 0 Å². The van der Waals surface area contributed by atoms with E-state index in [1.54, 1.807) is 6.92 Å². The molecule has 21 heavy (non-hydrogen) atoms. The van der Waals surface area contributed by atoms with Crippen LogP contribution in [0.2, 0.25) is 0 Å². The SMILES string of the molecule is CC1=C[C@](O)(O[C@@]2(O)C(=O)CN(C)[C@@]2(C)O)C(=O)N(C)C1. The molecule has 0 bridgehead atoms. The van der Waals surface area contributed by atoms with Crippen LogP contribution in [0.15, 0.2) is 11.6 Å². The molecule has 3 atom stereocenters. The molecule has 0 aliphatic carbocycles. The Morgan fingerprint density at radius 1 is 1.19 bits per heavy atom. The fourth-order valence-corrected chi connectivity index (χ4v) is 2.61. The van der Waals surface area contributed by atoms with Crippen LogP contribution in [0.3, 0.4) is 0 Å². The predicted molar refractivity (Wildman–Crippen MR) is 70.6 cm³/mol. The van der Waals surface area contributed by atoms with Crippen LogP contribution in [0.25, 0.3) is 0 Å². The van der Waals surface area contributed by atoms with Gasteiger partial charge in [-0.25, -0.2) is 0 Å². The van der Waals surface area contributed by atoms with Crippen molar-refractivity contribution in [2.24, 2.45) is 0 Å². The molecule has 3 N–H and O–H groups in total. The van der Waals surface area contributed by atoms with Crippen molar-refractivity contribution in [1.82, 2.24) is 9.80 Å². The van der Waals surface area contributed by atoms with E-state index in [-0.39, 0.29) is 6.54 Å². The maximum atomic E-state index is 12.1. The lowest BCUT2D eigenvalue weighted by Gasteiger charge is -2.42. The first-order chi connectivity index (χ1) is 9.44. The molecule has 0 unspecified atom stereocenters. The standard InChI is InChI=1S/C13H20N2O6/c1-8-5-12(19,10(17)14(3)6-8)21-13(20)9(16)7-15(4)11(13,2)18/h5,18-20H,6-7H2,1-4H3/t11-,12-,13-/m0/s1. The number of likely N-dealkylation sites (tertiary alicyclic amines) is 1. The zero-order chi connectivity index (χ0) is 16.2.